The number of esters is 2. The van der Waals surface area contributed by atoms with Crippen LogP contribution in [0.4, 0.5) is 0 Å². The van der Waals surface area contributed by atoms with Gasteiger partial charge in [-0.15, -0.1) is 47.0 Å². The second kappa shape index (κ2) is 25.1. The summed E-state index contributed by atoms with van der Waals surface area (Å²) in [6.45, 7) is 0.553. The van der Waals surface area contributed by atoms with E-state index in [9.17, 15) is 9.59 Å². The maximum Gasteiger partial charge on any atom is 0.331 e. The standard InChI is InChI=1S/C44H46O6S7/c45-41(21-11-33-7-3-1-4-8-33)49-37(29-51-31-43-53-23-24-54-43)27-47-35-13-17-39(18-14-35)57-40-19-15-36(16-20-40)48-28-38(30-52-32-44-55-25-26-56-44)50-42(46)22-12-34-9-5-2-6-10-34/h1-22,37-38,43-44H,23-32H2/b21-11+,22-12+. The summed E-state index contributed by atoms with van der Waals surface area (Å²) in [5.41, 5.74) is 1.90. The minimum Gasteiger partial charge on any atom is -0.490 e. The van der Waals surface area contributed by atoms with Crippen LogP contribution in [0.2, 0.25) is 0 Å². The lowest BCUT2D eigenvalue weighted by Crippen LogP contribution is -2.27. The summed E-state index contributed by atoms with van der Waals surface area (Å²) >= 11 is 13.3. The lowest BCUT2D eigenvalue weighted by Gasteiger charge is -2.19. The molecule has 0 radical (unpaired) electrons. The second-order valence-corrected chi connectivity index (χ2v) is 21.8. The number of hydrogen-bond acceptors (Lipinski definition) is 13. The minimum atomic E-state index is -0.373. The van der Waals surface area contributed by atoms with E-state index in [1.807, 2.05) is 180 Å². The van der Waals surface area contributed by atoms with E-state index in [-0.39, 0.29) is 37.4 Å². The van der Waals surface area contributed by atoms with Crippen molar-refractivity contribution >= 4 is 106 Å². The van der Waals surface area contributed by atoms with E-state index >= 15 is 0 Å². The number of ether oxygens (including phenoxy) is 4. The molecule has 2 aliphatic rings. The molecule has 57 heavy (non-hydrogen) atoms. The molecule has 0 N–H and O–H groups in total. The highest BCUT2D eigenvalue weighted by atomic mass is 32.2. The molecule has 2 heterocycles. The van der Waals surface area contributed by atoms with Crippen molar-refractivity contribution in [3.8, 4) is 11.5 Å². The Bertz CT molecular complexity index is 1700. The fourth-order valence-corrected chi connectivity index (χ4v) is 15.0. The van der Waals surface area contributed by atoms with Gasteiger partial charge >= 0.3 is 11.9 Å². The fraction of sp³-hybridized carbons (Fsp3) is 0.318. The third-order valence-electron chi connectivity index (χ3n) is 8.24. The fourth-order valence-electron chi connectivity index (χ4n) is 5.42. The van der Waals surface area contributed by atoms with Crippen LogP contribution in [0.3, 0.4) is 0 Å². The molecule has 0 amide bonds. The van der Waals surface area contributed by atoms with Crippen molar-refractivity contribution in [2.75, 3.05) is 59.2 Å². The van der Waals surface area contributed by atoms with E-state index in [2.05, 4.69) is 0 Å². The Balaban J connectivity index is 0.966. The van der Waals surface area contributed by atoms with Crippen LogP contribution in [-0.2, 0) is 19.1 Å². The van der Waals surface area contributed by atoms with Crippen LogP contribution in [0.15, 0.2) is 131 Å². The van der Waals surface area contributed by atoms with Gasteiger partial charge in [-0.1, -0.05) is 72.4 Å². The molecule has 2 fully saturated rings. The maximum atomic E-state index is 12.7. The van der Waals surface area contributed by atoms with Crippen molar-refractivity contribution in [2.45, 2.75) is 31.2 Å². The van der Waals surface area contributed by atoms with Crippen LogP contribution in [0, 0.1) is 0 Å². The Morgan fingerprint density at radius 3 is 1.33 bits per heavy atom. The zero-order valence-electron chi connectivity index (χ0n) is 31.4. The number of rotatable bonds is 22. The topological polar surface area (TPSA) is 71.1 Å². The van der Waals surface area contributed by atoms with Crippen molar-refractivity contribution in [2.24, 2.45) is 0 Å². The quantitative estimate of drug-likeness (QED) is 0.0556. The predicted octanol–water partition coefficient (Wildman–Crippen LogP) is 10.9. The van der Waals surface area contributed by atoms with Gasteiger partial charge in [0, 0.05) is 68.0 Å². The van der Waals surface area contributed by atoms with Gasteiger partial charge in [-0.05, 0) is 71.8 Å². The first kappa shape index (κ1) is 43.9. The molecule has 300 valence electrons. The summed E-state index contributed by atoms with van der Waals surface area (Å²) in [6, 6.07) is 35.4. The van der Waals surface area contributed by atoms with Crippen molar-refractivity contribution in [1.82, 2.24) is 0 Å². The molecule has 6 nitrogen and oxygen atoms in total. The first-order valence-corrected chi connectivity index (χ1v) is 26.0. The highest BCUT2D eigenvalue weighted by Gasteiger charge is 2.21. The number of carbonyl (C=O) groups excluding carboxylic acids is 2. The average Bonchev–Trinajstić information content (AvgIpc) is 3.98. The Labute approximate surface area is 366 Å². The van der Waals surface area contributed by atoms with E-state index in [0.717, 1.165) is 43.9 Å². The molecule has 2 aliphatic heterocycles. The average molecular weight is 895 g/mol. The van der Waals surface area contributed by atoms with Gasteiger partial charge in [0.15, 0.2) is 0 Å². The minimum absolute atomic E-state index is 0.276. The molecule has 0 saturated carbocycles. The highest BCUT2D eigenvalue weighted by molar-refractivity contribution is 8.21. The maximum absolute atomic E-state index is 12.7. The van der Waals surface area contributed by atoms with Crippen LogP contribution in [0.25, 0.3) is 12.2 Å². The summed E-state index contributed by atoms with van der Waals surface area (Å²) in [7, 11) is 0. The Morgan fingerprint density at radius 1 is 0.561 bits per heavy atom. The van der Waals surface area contributed by atoms with Crippen LogP contribution >= 0.6 is 82.3 Å². The smallest absolute Gasteiger partial charge is 0.331 e. The van der Waals surface area contributed by atoms with Crippen LogP contribution in [0.5, 0.6) is 11.5 Å². The van der Waals surface area contributed by atoms with Gasteiger partial charge in [0.2, 0.25) is 0 Å². The monoisotopic (exact) mass is 894 g/mol. The van der Waals surface area contributed by atoms with Crippen molar-refractivity contribution in [3.63, 3.8) is 0 Å². The Hall–Kier alpha value is -2.65. The van der Waals surface area contributed by atoms with Crippen LogP contribution in [-0.4, -0.2) is 92.5 Å². The molecule has 0 bridgehead atoms. The second-order valence-electron chi connectivity index (χ2n) is 12.7. The first-order chi connectivity index (χ1) is 28.0. The van der Waals surface area contributed by atoms with Gasteiger partial charge in [0.05, 0.1) is 9.16 Å². The molecule has 13 heteroatoms. The zero-order chi connectivity index (χ0) is 39.3. The van der Waals surface area contributed by atoms with E-state index in [1.54, 1.807) is 23.9 Å². The lowest BCUT2D eigenvalue weighted by molar-refractivity contribution is -0.144. The molecule has 2 unspecified atom stereocenters. The zero-order valence-corrected chi connectivity index (χ0v) is 37.1. The van der Waals surface area contributed by atoms with Gasteiger partial charge < -0.3 is 18.9 Å². The van der Waals surface area contributed by atoms with Crippen molar-refractivity contribution < 1.29 is 28.5 Å². The molecule has 4 aromatic rings. The summed E-state index contributed by atoms with van der Waals surface area (Å²) < 4.78 is 25.2. The molecule has 0 spiro atoms. The van der Waals surface area contributed by atoms with E-state index in [1.165, 1.54) is 35.2 Å². The molecule has 4 aromatic carbocycles. The molecule has 0 aromatic heterocycles. The summed E-state index contributed by atoms with van der Waals surface area (Å²) in [6.07, 6.45) is 5.77. The molecule has 6 rings (SSSR count). The lowest BCUT2D eigenvalue weighted by atomic mass is 10.2. The number of benzene rings is 4. The van der Waals surface area contributed by atoms with Crippen LogP contribution in [0.1, 0.15) is 11.1 Å². The Kier molecular flexibility index (Phi) is 19.3. The van der Waals surface area contributed by atoms with Crippen molar-refractivity contribution in [1.29, 1.82) is 0 Å². The normalized spacial score (nSPS) is 15.9. The molecule has 2 saturated heterocycles. The third-order valence-corrected chi connectivity index (χ3v) is 18.5. The molecular formula is C44H46O6S7. The van der Waals surface area contributed by atoms with Crippen molar-refractivity contribution in [3.05, 3.63) is 132 Å². The molecule has 0 aliphatic carbocycles. The highest BCUT2D eigenvalue weighted by Crippen LogP contribution is 2.36. The number of hydrogen-bond donors (Lipinski definition) is 0. The number of thioether (sulfide) groups is 6. The largest absolute Gasteiger partial charge is 0.490 e. The van der Waals surface area contributed by atoms with Gasteiger partial charge in [0.25, 0.3) is 0 Å². The van der Waals surface area contributed by atoms with E-state index < -0.39 is 0 Å². The molecule has 2 atom stereocenters. The van der Waals surface area contributed by atoms with Crippen LogP contribution < -0.4 is 9.47 Å². The van der Waals surface area contributed by atoms with Gasteiger partial charge in [0.1, 0.15) is 36.9 Å². The van der Waals surface area contributed by atoms with E-state index in [0.29, 0.717) is 20.7 Å². The SMILES string of the molecule is O=C(/C=C/c1ccccc1)OC(COc1ccc(Sc2ccc(OCC(CSCC3SCCS3)OC(=O)/C=C/c3ccccc3)cc2)cc1)CSCC1SCCS1. The third kappa shape index (κ3) is 16.9. The first-order valence-electron chi connectivity index (χ1n) is 18.7. The summed E-state index contributed by atoms with van der Waals surface area (Å²) in [4.78, 5) is 27.6. The Morgan fingerprint density at radius 2 is 0.947 bits per heavy atom. The van der Waals surface area contributed by atoms with Gasteiger partial charge in [-0.2, -0.15) is 23.5 Å². The predicted molar refractivity (Wildman–Crippen MR) is 251 cm³/mol. The van der Waals surface area contributed by atoms with Gasteiger partial charge in [-0.3, -0.25) is 0 Å². The number of carbonyl (C=O) groups is 2. The summed E-state index contributed by atoms with van der Waals surface area (Å²) in [5.74, 6) is 8.87. The molecular weight excluding hydrogens is 849 g/mol. The van der Waals surface area contributed by atoms with Gasteiger partial charge in [-0.25, -0.2) is 9.59 Å². The summed E-state index contributed by atoms with van der Waals surface area (Å²) in [5, 5.41) is 0. The van der Waals surface area contributed by atoms with E-state index in [4.69, 9.17) is 18.9 Å².